The molecule has 0 bridgehead atoms. The van der Waals surface area contributed by atoms with Crippen LogP contribution in [0, 0.1) is 0 Å². The van der Waals surface area contributed by atoms with Crippen molar-refractivity contribution in [1.82, 2.24) is 0 Å². The molecule has 0 N–H and O–H groups in total. The molecular weight excluding hydrogens is 781 g/mol. The molecule has 1 aromatic carbocycles. The number of hydrogen-bond acceptors (Lipinski definition) is 2. The molecular formula is C44H59Br2S2Si. The number of aryl methyl sites for hydroxylation is 2. The first kappa shape index (κ1) is 39.4. The van der Waals surface area contributed by atoms with Crippen LogP contribution in [0.4, 0.5) is 0 Å². The van der Waals surface area contributed by atoms with Crippen LogP contribution < -0.4 is 0 Å². The van der Waals surface area contributed by atoms with Crippen molar-refractivity contribution in [1.29, 1.82) is 0 Å². The van der Waals surface area contributed by atoms with Crippen molar-refractivity contribution in [3.8, 4) is 10.4 Å². The number of benzene rings is 1. The van der Waals surface area contributed by atoms with Crippen LogP contribution in [-0.2, 0) is 18.3 Å². The lowest BCUT2D eigenvalue weighted by molar-refractivity contribution is 0.440. The van der Waals surface area contributed by atoms with Gasteiger partial charge in [0, 0.05) is 15.2 Å². The molecule has 0 fully saturated rings. The third-order valence-corrected chi connectivity index (χ3v) is 16.4. The Hall–Kier alpha value is -0.853. The van der Waals surface area contributed by atoms with E-state index >= 15 is 0 Å². The number of allylic oxidation sites excluding steroid dienone is 3. The summed E-state index contributed by atoms with van der Waals surface area (Å²) >= 11 is 11.8. The maximum atomic E-state index is 3.97. The molecule has 0 unspecified atom stereocenters. The van der Waals surface area contributed by atoms with Gasteiger partial charge >= 0.3 is 0 Å². The largest absolute Gasteiger partial charge is 0.128 e. The standard InChI is InChI=1S/C44H59Br2S2Si/c1-5-9-13-17-21-33-29-39(47-42(33)45)32-23-24-36-37-27-35(40-30-34(43(46)48-40)22-18-14-10-6-2)31-49-41(37)44(38(36)28-32,25-19-15-11-7-3)26-20-16-12-8-4/h23-24,27-31H,5-22,25-26H2,1-4H3. The number of fused-ring (bicyclic) bond motifs is 3. The predicted octanol–water partition coefficient (Wildman–Crippen LogP) is 15.8. The van der Waals surface area contributed by atoms with Gasteiger partial charge in [-0.15, -0.1) is 22.7 Å². The summed E-state index contributed by atoms with van der Waals surface area (Å²) in [6.07, 6.45) is 28.7. The molecule has 2 aromatic heterocycles. The Morgan fingerprint density at radius 2 is 1.14 bits per heavy atom. The van der Waals surface area contributed by atoms with Gasteiger partial charge in [0.25, 0.3) is 0 Å². The summed E-state index contributed by atoms with van der Waals surface area (Å²) in [4.78, 5) is 2.86. The quantitative estimate of drug-likeness (QED) is 0.0698. The minimum Gasteiger partial charge on any atom is -0.128 e. The first-order valence-electron chi connectivity index (χ1n) is 19.7. The Morgan fingerprint density at radius 3 is 1.71 bits per heavy atom. The zero-order chi connectivity index (χ0) is 34.6. The third-order valence-electron chi connectivity index (χ3n) is 10.8. The molecule has 0 saturated carbocycles. The fourth-order valence-electron chi connectivity index (χ4n) is 7.98. The summed E-state index contributed by atoms with van der Waals surface area (Å²) in [5, 5.41) is 1.75. The first-order valence-corrected chi connectivity index (χ1v) is 24.0. The molecule has 49 heavy (non-hydrogen) atoms. The van der Waals surface area contributed by atoms with Gasteiger partial charge in [0.15, 0.2) is 0 Å². The van der Waals surface area contributed by atoms with Crippen LogP contribution in [0.3, 0.4) is 0 Å². The minimum atomic E-state index is 0.164. The Kier molecular flexibility index (Phi) is 15.9. The van der Waals surface area contributed by atoms with Gasteiger partial charge < -0.3 is 0 Å². The lowest BCUT2D eigenvalue weighted by Gasteiger charge is -2.34. The highest BCUT2D eigenvalue weighted by molar-refractivity contribution is 9.11. The van der Waals surface area contributed by atoms with E-state index in [4.69, 9.17) is 0 Å². The van der Waals surface area contributed by atoms with Crippen LogP contribution in [0.2, 0.25) is 0 Å². The van der Waals surface area contributed by atoms with Crippen molar-refractivity contribution >= 4 is 80.0 Å². The average Bonchev–Trinajstić information content (AvgIpc) is 3.76. The minimum absolute atomic E-state index is 0.164. The number of halogens is 2. The summed E-state index contributed by atoms with van der Waals surface area (Å²) in [6.45, 7) is 9.29. The zero-order valence-electron chi connectivity index (χ0n) is 30.8. The molecule has 0 saturated heterocycles. The van der Waals surface area contributed by atoms with Crippen LogP contribution in [0.5, 0.6) is 0 Å². The summed E-state index contributed by atoms with van der Waals surface area (Å²) < 4.78 is 2.67. The fourth-order valence-corrected chi connectivity index (χ4v) is 13.2. The molecule has 1 radical (unpaired) electrons. The lowest BCUT2D eigenvalue weighted by Crippen LogP contribution is -2.34. The van der Waals surface area contributed by atoms with Gasteiger partial charge in [-0.1, -0.05) is 135 Å². The van der Waals surface area contributed by atoms with Crippen molar-refractivity contribution in [3.05, 3.63) is 76.8 Å². The Morgan fingerprint density at radius 1 is 0.612 bits per heavy atom. The number of unbranched alkanes of at least 4 members (excludes halogenated alkanes) is 12. The van der Waals surface area contributed by atoms with Crippen LogP contribution in [-0.4, -0.2) is 14.3 Å². The van der Waals surface area contributed by atoms with E-state index in [0.717, 1.165) is 9.13 Å². The van der Waals surface area contributed by atoms with Crippen molar-refractivity contribution < 1.29 is 0 Å². The molecule has 2 aliphatic rings. The molecule has 0 amide bonds. The Bertz CT molecular complexity index is 1590. The molecule has 0 spiro atoms. The van der Waals surface area contributed by atoms with Gasteiger partial charge in [-0.05, 0) is 139 Å². The molecule has 5 heteroatoms. The monoisotopic (exact) mass is 837 g/mol. The van der Waals surface area contributed by atoms with Crippen molar-refractivity contribution in [2.75, 3.05) is 0 Å². The molecule has 0 atom stereocenters. The van der Waals surface area contributed by atoms with E-state index in [-0.39, 0.29) is 5.41 Å². The van der Waals surface area contributed by atoms with Gasteiger partial charge in [-0.3, -0.25) is 0 Å². The summed E-state index contributed by atoms with van der Waals surface area (Å²) in [7, 11) is 0.758. The molecule has 1 aliphatic carbocycles. The topological polar surface area (TPSA) is 0 Å². The second kappa shape index (κ2) is 19.8. The molecule has 3 aromatic rings. The smallest absolute Gasteiger partial charge is 0.0737 e. The zero-order valence-corrected chi connectivity index (χ0v) is 36.6. The molecule has 0 nitrogen and oxygen atoms in total. The Balaban J connectivity index is 1.53. The molecule has 3 heterocycles. The number of rotatable bonds is 22. The van der Waals surface area contributed by atoms with Crippen LogP contribution in [0.1, 0.15) is 170 Å². The lowest BCUT2D eigenvalue weighted by atomic mass is 9.72. The van der Waals surface area contributed by atoms with Gasteiger partial charge in [0.2, 0.25) is 0 Å². The summed E-state index contributed by atoms with van der Waals surface area (Å²) in [5.41, 5.74) is 13.3. The highest BCUT2D eigenvalue weighted by atomic mass is 79.9. The number of hydrogen-bond donors (Lipinski definition) is 0. The summed E-state index contributed by atoms with van der Waals surface area (Å²) in [5.74, 6) is 0. The van der Waals surface area contributed by atoms with Gasteiger partial charge in [0.05, 0.1) is 16.7 Å². The first-order chi connectivity index (χ1) is 23.9. The average molecular weight is 840 g/mol. The van der Waals surface area contributed by atoms with E-state index in [1.165, 1.54) is 174 Å². The van der Waals surface area contributed by atoms with Crippen molar-refractivity contribution in [3.63, 3.8) is 0 Å². The van der Waals surface area contributed by atoms with Crippen molar-refractivity contribution in [2.24, 2.45) is 0 Å². The van der Waals surface area contributed by atoms with E-state index in [1.54, 1.807) is 16.3 Å². The molecule has 1 aliphatic heterocycles. The van der Waals surface area contributed by atoms with Crippen LogP contribution >= 0.6 is 54.5 Å². The SMILES string of the molecule is CCCCCCc1cc(C2=C[Si]=C3C(=C2)c2ccc(-c4cc(CCCCCC)c(Br)s4)cc2C3(CCCCCC)CCCCCC)sc1Br. The highest BCUT2D eigenvalue weighted by Gasteiger charge is 2.45. The molecule has 265 valence electrons. The third kappa shape index (κ3) is 9.78. The normalized spacial score (nSPS) is 14.9. The molecule has 5 rings (SSSR count). The fraction of sp³-hybridized carbons (Fsp3) is 0.568. The van der Waals surface area contributed by atoms with Crippen LogP contribution in [0.15, 0.2) is 49.7 Å². The van der Waals surface area contributed by atoms with E-state index in [9.17, 15) is 0 Å². The highest BCUT2D eigenvalue weighted by Crippen LogP contribution is 2.52. The van der Waals surface area contributed by atoms with E-state index < -0.39 is 0 Å². The Labute approximate surface area is 326 Å². The van der Waals surface area contributed by atoms with E-state index in [1.807, 2.05) is 22.7 Å². The van der Waals surface area contributed by atoms with Gasteiger partial charge in [-0.2, -0.15) is 0 Å². The second-order valence-corrected chi connectivity index (χ2v) is 20.4. The van der Waals surface area contributed by atoms with E-state index in [0.29, 0.717) is 0 Å². The van der Waals surface area contributed by atoms with Gasteiger partial charge in [0.1, 0.15) is 0 Å². The maximum absolute atomic E-state index is 3.97. The predicted molar refractivity (Wildman–Crippen MR) is 231 cm³/mol. The van der Waals surface area contributed by atoms with Crippen molar-refractivity contribution in [2.45, 2.75) is 162 Å². The summed E-state index contributed by atoms with van der Waals surface area (Å²) in [6, 6.07) is 12.6. The second-order valence-electron chi connectivity index (χ2n) is 14.6. The maximum Gasteiger partial charge on any atom is 0.0737 e. The van der Waals surface area contributed by atoms with Gasteiger partial charge in [-0.25, -0.2) is 0 Å². The number of thiophene rings is 2. The van der Waals surface area contributed by atoms with Crippen LogP contribution in [0.25, 0.3) is 21.6 Å². The van der Waals surface area contributed by atoms with E-state index in [2.05, 4.69) is 102 Å².